The maximum absolute atomic E-state index is 13.8. The van der Waals surface area contributed by atoms with E-state index in [-0.39, 0.29) is 42.9 Å². The zero-order chi connectivity index (χ0) is 42.2. The second-order valence-electron chi connectivity index (χ2n) is 14.0. The van der Waals surface area contributed by atoms with Crippen molar-refractivity contribution < 1.29 is 49.2 Å². The lowest BCUT2D eigenvalue weighted by molar-refractivity contribution is -0.143. The predicted molar refractivity (Wildman–Crippen MR) is 214 cm³/mol. The first kappa shape index (κ1) is 45.6. The summed E-state index contributed by atoms with van der Waals surface area (Å²) in [5.41, 5.74) is 7.95. The molecule has 17 heteroatoms. The van der Waals surface area contributed by atoms with Crippen LogP contribution < -0.4 is 32.3 Å². The van der Waals surface area contributed by atoms with Gasteiger partial charge < -0.3 is 52.7 Å². The average molecular weight is 809 g/mol. The van der Waals surface area contributed by atoms with Gasteiger partial charge in [0.05, 0.1) is 6.04 Å². The third-order valence-corrected chi connectivity index (χ3v) is 9.62. The molecule has 0 aromatic heterocycles. The summed E-state index contributed by atoms with van der Waals surface area (Å²) in [5, 5.41) is 51.7. The Hall–Kier alpha value is -5.81. The maximum Gasteiger partial charge on any atom is 0.326 e. The fourth-order valence-electron chi connectivity index (χ4n) is 5.63. The Labute approximate surface area is 335 Å². The number of hydrogen-bond donors (Lipinski definition) is 10. The summed E-state index contributed by atoms with van der Waals surface area (Å²) >= 11 is 1.44. The van der Waals surface area contributed by atoms with E-state index in [0.29, 0.717) is 22.4 Å². The van der Waals surface area contributed by atoms with E-state index in [1.807, 2.05) is 6.26 Å². The summed E-state index contributed by atoms with van der Waals surface area (Å²) in [6, 6.07) is 10.8. The summed E-state index contributed by atoms with van der Waals surface area (Å²) in [7, 11) is 0. The third-order valence-electron chi connectivity index (χ3n) is 8.97. The Bertz CT molecular complexity index is 1830. The molecule has 3 aromatic rings. The van der Waals surface area contributed by atoms with Crippen LogP contribution in [-0.4, -0.2) is 104 Å². The zero-order valence-corrected chi connectivity index (χ0v) is 33.0. The fraction of sp³-hybridized carbons (Fsp3) is 0.400. The van der Waals surface area contributed by atoms with Crippen LogP contribution in [0.1, 0.15) is 43.9 Å². The van der Waals surface area contributed by atoms with Crippen molar-refractivity contribution in [3.05, 3.63) is 89.5 Å². The number of rotatable bonds is 21. The number of carbonyl (C=O) groups is 6. The molecule has 308 valence electrons. The molecule has 0 aliphatic heterocycles. The summed E-state index contributed by atoms with van der Waals surface area (Å²) in [4.78, 5) is 79.5. The fourth-order valence-corrected chi connectivity index (χ4v) is 6.10. The molecule has 0 fully saturated rings. The number of carboxylic acids is 1. The van der Waals surface area contributed by atoms with Gasteiger partial charge in [0.15, 0.2) is 0 Å². The minimum absolute atomic E-state index is 0.0213. The molecule has 0 aliphatic rings. The Morgan fingerprint density at radius 1 is 0.561 bits per heavy atom. The van der Waals surface area contributed by atoms with Crippen molar-refractivity contribution in [2.24, 2.45) is 11.7 Å². The highest BCUT2D eigenvalue weighted by molar-refractivity contribution is 7.98. The van der Waals surface area contributed by atoms with E-state index in [2.05, 4.69) is 26.6 Å². The number of nitrogens with one attached hydrogen (secondary N) is 5. The Kier molecular flexibility index (Phi) is 17.6. The number of aromatic hydroxyl groups is 3. The third kappa shape index (κ3) is 15.0. The summed E-state index contributed by atoms with van der Waals surface area (Å²) < 4.78 is 0. The number of thioether (sulfide) groups is 1. The van der Waals surface area contributed by atoms with Crippen molar-refractivity contribution in [1.29, 1.82) is 0 Å². The zero-order valence-electron chi connectivity index (χ0n) is 32.2. The molecule has 16 nitrogen and oxygen atoms in total. The molecule has 11 N–H and O–H groups in total. The van der Waals surface area contributed by atoms with E-state index >= 15 is 0 Å². The van der Waals surface area contributed by atoms with Crippen LogP contribution in [-0.2, 0) is 48.0 Å². The molecule has 3 rings (SSSR count). The normalized spacial score (nSPS) is 14.2. The SMILES string of the molecule is CSCC[C@@H](NC(=O)[C@H](N)Cc1ccc(O)cc1)C(=O)N[C@H](Cc1ccc(O)cc1)C(=O)N[C@H](C)C(=O)N[C@H](Cc1ccc(O)cc1)C(=O)N[C@@H](C(=O)O)C(C)C. The quantitative estimate of drug-likeness (QED) is 0.0725. The average Bonchev–Trinajstić information content (AvgIpc) is 3.16. The molecule has 5 amide bonds. The van der Waals surface area contributed by atoms with Crippen LogP contribution in [0.3, 0.4) is 0 Å². The van der Waals surface area contributed by atoms with Crippen molar-refractivity contribution in [2.75, 3.05) is 12.0 Å². The highest BCUT2D eigenvalue weighted by atomic mass is 32.2. The number of carbonyl (C=O) groups excluding carboxylic acids is 5. The molecular weight excluding hydrogens is 757 g/mol. The van der Waals surface area contributed by atoms with E-state index in [4.69, 9.17) is 5.73 Å². The first-order chi connectivity index (χ1) is 27.0. The predicted octanol–water partition coefficient (Wildman–Crippen LogP) is 1.10. The van der Waals surface area contributed by atoms with Crippen LogP contribution in [0.4, 0.5) is 0 Å². The van der Waals surface area contributed by atoms with Crippen molar-refractivity contribution in [1.82, 2.24) is 26.6 Å². The number of nitrogens with two attached hydrogens (primary N) is 1. The molecule has 0 saturated heterocycles. The van der Waals surface area contributed by atoms with E-state index in [1.165, 1.54) is 55.1 Å². The van der Waals surface area contributed by atoms with Crippen LogP contribution in [0.2, 0.25) is 0 Å². The van der Waals surface area contributed by atoms with Crippen LogP contribution >= 0.6 is 11.8 Å². The number of phenolic OH excluding ortho intramolecular Hbond substituents is 3. The van der Waals surface area contributed by atoms with Crippen LogP contribution in [0, 0.1) is 5.92 Å². The maximum atomic E-state index is 13.8. The van der Waals surface area contributed by atoms with Crippen LogP contribution in [0.5, 0.6) is 17.2 Å². The minimum atomic E-state index is -1.28. The lowest BCUT2D eigenvalue weighted by Crippen LogP contribution is -2.59. The van der Waals surface area contributed by atoms with E-state index in [9.17, 15) is 49.2 Å². The van der Waals surface area contributed by atoms with Gasteiger partial charge in [-0.3, -0.25) is 24.0 Å². The monoisotopic (exact) mass is 808 g/mol. The van der Waals surface area contributed by atoms with Crippen molar-refractivity contribution in [2.45, 2.75) is 82.7 Å². The Balaban J connectivity index is 1.80. The first-order valence-corrected chi connectivity index (χ1v) is 19.7. The molecule has 0 heterocycles. The Morgan fingerprint density at radius 3 is 1.37 bits per heavy atom. The van der Waals surface area contributed by atoms with Gasteiger partial charge in [-0.1, -0.05) is 50.2 Å². The van der Waals surface area contributed by atoms with E-state index in [0.717, 1.165) is 0 Å². The van der Waals surface area contributed by atoms with Gasteiger partial charge in [-0.25, -0.2) is 4.79 Å². The van der Waals surface area contributed by atoms with Crippen LogP contribution in [0.15, 0.2) is 72.8 Å². The van der Waals surface area contributed by atoms with Gasteiger partial charge in [0, 0.05) is 12.8 Å². The molecule has 3 aromatic carbocycles. The lowest BCUT2D eigenvalue weighted by atomic mass is 10.0. The summed E-state index contributed by atoms with van der Waals surface area (Å²) in [5.74, 6) is -4.90. The number of hydrogen-bond acceptors (Lipinski definition) is 11. The molecular formula is C40H52N6O10S. The molecule has 0 spiro atoms. The second-order valence-corrected chi connectivity index (χ2v) is 15.0. The van der Waals surface area contributed by atoms with Crippen molar-refractivity contribution >= 4 is 47.3 Å². The van der Waals surface area contributed by atoms with Gasteiger partial charge in [0.1, 0.15) is 47.5 Å². The second kappa shape index (κ2) is 22.1. The van der Waals surface area contributed by atoms with Gasteiger partial charge in [-0.15, -0.1) is 0 Å². The molecule has 0 saturated carbocycles. The lowest BCUT2D eigenvalue weighted by Gasteiger charge is -2.26. The van der Waals surface area contributed by atoms with Gasteiger partial charge in [0.2, 0.25) is 29.5 Å². The van der Waals surface area contributed by atoms with Crippen molar-refractivity contribution in [3.8, 4) is 17.2 Å². The summed E-state index contributed by atoms with van der Waals surface area (Å²) in [6.07, 6.45) is 2.00. The highest BCUT2D eigenvalue weighted by Crippen LogP contribution is 2.15. The number of phenols is 3. The van der Waals surface area contributed by atoms with E-state index < -0.39 is 77.7 Å². The van der Waals surface area contributed by atoms with E-state index in [1.54, 1.807) is 50.2 Å². The highest BCUT2D eigenvalue weighted by Gasteiger charge is 2.32. The number of benzene rings is 3. The summed E-state index contributed by atoms with van der Waals surface area (Å²) in [6.45, 7) is 4.60. The van der Waals surface area contributed by atoms with Gasteiger partial charge in [-0.2, -0.15) is 11.8 Å². The molecule has 0 radical (unpaired) electrons. The molecule has 0 aliphatic carbocycles. The molecule has 57 heavy (non-hydrogen) atoms. The minimum Gasteiger partial charge on any atom is -0.508 e. The van der Waals surface area contributed by atoms with Crippen molar-refractivity contribution in [3.63, 3.8) is 0 Å². The first-order valence-electron chi connectivity index (χ1n) is 18.3. The number of carboxylic acid groups (broad SMARTS) is 1. The van der Waals surface area contributed by atoms with Gasteiger partial charge in [0.25, 0.3) is 0 Å². The molecule has 0 bridgehead atoms. The Morgan fingerprint density at radius 2 is 0.947 bits per heavy atom. The largest absolute Gasteiger partial charge is 0.508 e. The van der Waals surface area contributed by atoms with Gasteiger partial charge >= 0.3 is 5.97 Å². The number of aliphatic carboxylic acids is 1. The smallest absolute Gasteiger partial charge is 0.326 e. The standard InChI is InChI=1S/C40H52N6O10S/c1-22(2)34(40(55)56)46-39(54)33(21-26-9-15-29(49)16-10-26)44-35(50)23(3)42-38(53)32(20-25-7-13-28(48)14-8-25)45-37(52)31(17-18-57-4)43-36(51)30(41)19-24-5-11-27(47)12-6-24/h5-16,22-23,30-34,47-49H,17-21,41H2,1-4H3,(H,42,53)(H,43,51)(H,44,50)(H,45,52)(H,46,54)(H,55,56)/t23-,30-,31-,32-,33-,34-/m1/s1. The topological polar surface area (TPSA) is 270 Å². The van der Waals surface area contributed by atoms with Crippen LogP contribution in [0.25, 0.3) is 0 Å². The molecule has 6 atom stereocenters. The number of amides is 5. The van der Waals surface area contributed by atoms with Gasteiger partial charge in [-0.05, 0) is 90.8 Å². The molecule has 0 unspecified atom stereocenters.